The number of hydrogen-bond donors (Lipinski definition) is 1. The van der Waals surface area contributed by atoms with Gasteiger partial charge < -0.3 is 5.32 Å². The number of hydrogen-bond acceptors (Lipinski definition) is 4. The minimum Gasteiger partial charge on any atom is -0.384 e. The monoisotopic (exact) mass is 279 g/mol. The number of nitrogens with one attached hydrogen (secondary N) is 1. The Morgan fingerprint density at radius 1 is 1.32 bits per heavy atom. The SMILES string of the molecule is Cc1ncsc1CN(C)CCNc1ccc(F)cc1. The summed E-state index contributed by atoms with van der Waals surface area (Å²) in [5.41, 5.74) is 3.95. The van der Waals surface area contributed by atoms with E-state index < -0.39 is 0 Å². The molecule has 102 valence electrons. The lowest BCUT2D eigenvalue weighted by molar-refractivity contribution is 0.342. The van der Waals surface area contributed by atoms with Gasteiger partial charge in [0, 0.05) is 30.2 Å². The van der Waals surface area contributed by atoms with Gasteiger partial charge in [0.15, 0.2) is 0 Å². The van der Waals surface area contributed by atoms with E-state index in [1.807, 2.05) is 12.4 Å². The lowest BCUT2D eigenvalue weighted by Crippen LogP contribution is -2.24. The zero-order valence-electron chi connectivity index (χ0n) is 11.2. The average Bonchev–Trinajstić information content (AvgIpc) is 2.78. The van der Waals surface area contributed by atoms with E-state index >= 15 is 0 Å². The molecule has 0 spiro atoms. The smallest absolute Gasteiger partial charge is 0.123 e. The second-order valence-corrected chi connectivity index (χ2v) is 5.47. The molecule has 0 bridgehead atoms. The van der Waals surface area contributed by atoms with Gasteiger partial charge in [-0.25, -0.2) is 9.37 Å². The average molecular weight is 279 g/mol. The van der Waals surface area contributed by atoms with Crippen molar-refractivity contribution in [2.24, 2.45) is 0 Å². The Balaban J connectivity index is 1.73. The van der Waals surface area contributed by atoms with Gasteiger partial charge in [0.2, 0.25) is 0 Å². The number of nitrogens with zero attached hydrogens (tertiary/aromatic N) is 2. The van der Waals surface area contributed by atoms with Gasteiger partial charge in [0.05, 0.1) is 11.2 Å². The molecule has 5 heteroatoms. The van der Waals surface area contributed by atoms with E-state index in [4.69, 9.17) is 0 Å². The molecule has 0 aliphatic carbocycles. The number of likely N-dealkylation sites (N-methyl/N-ethyl adjacent to an activating group) is 1. The van der Waals surface area contributed by atoms with Gasteiger partial charge in [0.1, 0.15) is 5.82 Å². The highest BCUT2D eigenvalue weighted by atomic mass is 32.1. The molecule has 1 aromatic carbocycles. The van der Waals surface area contributed by atoms with Crippen LogP contribution in [-0.4, -0.2) is 30.0 Å². The van der Waals surface area contributed by atoms with E-state index in [0.29, 0.717) is 0 Å². The van der Waals surface area contributed by atoms with Crippen LogP contribution in [0.4, 0.5) is 10.1 Å². The fourth-order valence-corrected chi connectivity index (χ4v) is 2.62. The summed E-state index contributed by atoms with van der Waals surface area (Å²) >= 11 is 1.69. The van der Waals surface area contributed by atoms with Crippen LogP contribution in [0.2, 0.25) is 0 Å². The number of halogens is 1. The van der Waals surface area contributed by atoms with Gasteiger partial charge in [-0.2, -0.15) is 0 Å². The maximum atomic E-state index is 12.7. The Morgan fingerprint density at radius 3 is 2.68 bits per heavy atom. The normalized spacial score (nSPS) is 10.9. The van der Waals surface area contributed by atoms with E-state index in [1.54, 1.807) is 23.5 Å². The fourth-order valence-electron chi connectivity index (χ4n) is 1.76. The second kappa shape index (κ2) is 6.63. The molecule has 0 atom stereocenters. The van der Waals surface area contributed by atoms with E-state index in [9.17, 15) is 4.39 Å². The van der Waals surface area contributed by atoms with Crippen LogP contribution in [0.3, 0.4) is 0 Å². The quantitative estimate of drug-likeness (QED) is 0.880. The van der Waals surface area contributed by atoms with Crippen LogP contribution in [0.25, 0.3) is 0 Å². The summed E-state index contributed by atoms with van der Waals surface area (Å²) in [5, 5.41) is 3.28. The molecule has 0 amide bonds. The molecule has 0 aliphatic rings. The molecule has 1 N–H and O–H groups in total. The third-order valence-corrected chi connectivity index (χ3v) is 3.85. The Labute approximate surface area is 117 Å². The van der Waals surface area contributed by atoms with Gasteiger partial charge in [-0.1, -0.05) is 0 Å². The van der Waals surface area contributed by atoms with Gasteiger partial charge in [-0.15, -0.1) is 11.3 Å². The first kappa shape index (κ1) is 14.0. The predicted molar refractivity (Wildman–Crippen MR) is 78.1 cm³/mol. The van der Waals surface area contributed by atoms with Crippen molar-refractivity contribution in [2.75, 3.05) is 25.5 Å². The number of anilines is 1. The Hall–Kier alpha value is -1.46. The molecule has 0 saturated carbocycles. The first-order valence-electron chi connectivity index (χ1n) is 6.22. The molecule has 1 heterocycles. The largest absolute Gasteiger partial charge is 0.384 e. The molecule has 0 saturated heterocycles. The molecule has 0 radical (unpaired) electrons. The second-order valence-electron chi connectivity index (χ2n) is 4.53. The van der Waals surface area contributed by atoms with Crippen LogP contribution in [0.5, 0.6) is 0 Å². The Bertz CT molecular complexity index is 510. The highest BCUT2D eigenvalue weighted by Gasteiger charge is 2.05. The number of rotatable bonds is 6. The lowest BCUT2D eigenvalue weighted by atomic mass is 10.3. The van der Waals surface area contributed by atoms with Crippen molar-refractivity contribution in [2.45, 2.75) is 13.5 Å². The topological polar surface area (TPSA) is 28.2 Å². The van der Waals surface area contributed by atoms with Crippen LogP contribution in [-0.2, 0) is 6.54 Å². The zero-order chi connectivity index (χ0) is 13.7. The summed E-state index contributed by atoms with van der Waals surface area (Å²) < 4.78 is 12.7. The highest BCUT2D eigenvalue weighted by molar-refractivity contribution is 7.09. The molecular weight excluding hydrogens is 261 g/mol. The zero-order valence-corrected chi connectivity index (χ0v) is 12.0. The van der Waals surface area contributed by atoms with E-state index in [0.717, 1.165) is 31.0 Å². The van der Waals surface area contributed by atoms with Gasteiger partial charge >= 0.3 is 0 Å². The van der Waals surface area contributed by atoms with Crippen molar-refractivity contribution in [3.05, 3.63) is 46.2 Å². The summed E-state index contributed by atoms with van der Waals surface area (Å²) in [7, 11) is 2.09. The molecule has 1 aromatic heterocycles. The molecule has 3 nitrogen and oxygen atoms in total. The Kier molecular flexibility index (Phi) is 4.87. The van der Waals surface area contributed by atoms with Crippen LogP contribution >= 0.6 is 11.3 Å². The van der Waals surface area contributed by atoms with Crippen molar-refractivity contribution in [3.8, 4) is 0 Å². The van der Waals surface area contributed by atoms with E-state index in [1.165, 1.54) is 17.0 Å². The van der Waals surface area contributed by atoms with Crippen LogP contribution in [0.1, 0.15) is 10.6 Å². The highest BCUT2D eigenvalue weighted by Crippen LogP contribution is 2.14. The molecule has 19 heavy (non-hydrogen) atoms. The first-order valence-corrected chi connectivity index (χ1v) is 7.10. The number of benzene rings is 1. The molecule has 0 fully saturated rings. The van der Waals surface area contributed by atoms with Gasteiger partial charge in [-0.05, 0) is 38.2 Å². The van der Waals surface area contributed by atoms with Crippen LogP contribution in [0.15, 0.2) is 29.8 Å². The summed E-state index contributed by atoms with van der Waals surface area (Å²) in [6.45, 7) is 4.72. The molecular formula is C14H18FN3S. The third-order valence-electron chi connectivity index (χ3n) is 2.93. The van der Waals surface area contributed by atoms with Gasteiger partial charge in [-0.3, -0.25) is 4.90 Å². The molecule has 0 aliphatic heterocycles. The first-order chi connectivity index (χ1) is 9.15. The maximum Gasteiger partial charge on any atom is 0.123 e. The third kappa shape index (κ3) is 4.29. The number of thiazole rings is 1. The van der Waals surface area contributed by atoms with Crippen molar-refractivity contribution in [1.29, 1.82) is 0 Å². The minimum absolute atomic E-state index is 0.205. The standard InChI is InChI=1S/C14H18FN3S/c1-11-14(19-10-17-11)9-18(2)8-7-16-13-5-3-12(15)4-6-13/h3-6,10,16H,7-9H2,1-2H3. The number of aromatic nitrogens is 1. The molecule has 2 aromatic rings. The van der Waals surface area contributed by atoms with Crippen molar-refractivity contribution >= 4 is 17.0 Å². The van der Waals surface area contributed by atoms with Crippen LogP contribution in [0, 0.1) is 12.7 Å². The fraction of sp³-hybridized carbons (Fsp3) is 0.357. The summed E-state index contributed by atoms with van der Waals surface area (Å²) in [6.07, 6.45) is 0. The molecule has 2 rings (SSSR count). The minimum atomic E-state index is -0.205. The number of aryl methyl sites for hydroxylation is 1. The van der Waals surface area contributed by atoms with Crippen molar-refractivity contribution in [1.82, 2.24) is 9.88 Å². The van der Waals surface area contributed by atoms with Crippen molar-refractivity contribution < 1.29 is 4.39 Å². The summed E-state index contributed by atoms with van der Waals surface area (Å²) in [6, 6.07) is 6.44. The van der Waals surface area contributed by atoms with Crippen LogP contribution < -0.4 is 5.32 Å². The lowest BCUT2D eigenvalue weighted by Gasteiger charge is -2.16. The van der Waals surface area contributed by atoms with E-state index in [-0.39, 0.29) is 5.82 Å². The maximum absolute atomic E-state index is 12.7. The summed E-state index contributed by atoms with van der Waals surface area (Å²) in [4.78, 5) is 7.80. The van der Waals surface area contributed by atoms with Gasteiger partial charge in [0.25, 0.3) is 0 Å². The van der Waals surface area contributed by atoms with E-state index in [2.05, 4.69) is 22.2 Å². The van der Waals surface area contributed by atoms with Crippen molar-refractivity contribution in [3.63, 3.8) is 0 Å². The molecule has 0 unspecified atom stereocenters. The summed E-state index contributed by atoms with van der Waals surface area (Å²) in [5.74, 6) is -0.205. The Morgan fingerprint density at radius 2 is 2.05 bits per heavy atom. The predicted octanol–water partition coefficient (Wildman–Crippen LogP) is 3.13.